The van der Waals surface area contributed by atoms with E-state index in [1.165, 1.54) is 10.8 Å². The minimum atomic E-state index is -0.540. The number of methoxy groups -OCH3 is 1. The van der Waals surface area contributed by atoms with Gasteiger partial charge in [-0.3, -0.25) is 18.7 Å². The molecule has 3 rings (SSSR count). The minimum absolute atomic E-state index is 0.0159. The van der Waals surface area contributed by atoms with Gasteiger partial charge in [-0.05, 0) is 57.5 Å². The van der Waals surface area contributed by atoms with Gasteiger partial charge >= 0.3 is 5.69 Å². The second kappa shape index (κ2) is 9.16. The van der Waals surface area contributed by atoms with Crippen molar-refractivity contribution in [2.45, 2.75) is 52.9 Å². The van der Waals surface area contributed by atoms with Gasteiger partial charge in [0, 0.05) is 18.3 Å². The summed E-state index contributed by atoms with van der Waals surface area (Å²) in [6, 6.07) is 10.4. The highest BCUT2D eigenvalue weighted by Gasteiger charge is 2.23. The van der Waals surface area contributed by atoms with E-state index in [0.29, 0.717) is 11.3 Å². The summed E-state index contributed by atoms with van der Waals surface area (Å²) >= 11 is 0. The minimum Gasteiger partial charge on any atom is -0.497 e. The van der Waals surface area contributed by atoms with Crippen LogP contribution >= 0.6 is 0 Å². The molecule has 31 heavy (non-hydrogen) atoms. The van der Waals surface area contributed by atoms with Crippen molar-refractivity contribution in [1.29, 1.82) is 0 Å². The Morgan fingerprint density at radius 1 is 1.03 bits per heavy atom. The lowest BCUT2D eigenvalue weighted by atomic mass is 10.2. The molecular formula is C23H28N4O4. The molecule has 0 saturated heterocycles. The number of carbonyl (C=O) groups excluding carboxylic acids is 1. The molecule has 8 nitrogen and oxygen atoms in total. The first-order valence-corrected chi connectivity index (χ1v) is 10.3. The standard InChI is InChI=1S/C23H28N4O4/c1-15(2)27(16(3)4)20(28)14-25-19-7-6-12-24-21(19)22(29)26(23(25)30)13-17-8-10-18(31-5)11-9-17/h6-12,15-16H,13-14H2,1-5H3. The fourth-order valence-corrected chi connectivity index (χ4v) is 3.84. The van der Waals surface area contributed by atoms with Crippen LogP contribution in [0, 0.1) is 0 Å². The summed E-state index contributed by atoms with van der Waals surface area (Å²) in [6.45, 7) is 7.65. The van der Waals surface area contributed by atoms with Crippen molar-refractivity contribution < 1.29 is 9.53 Å². The van der Waals surface area contributed by atoms with Crippen LogP contribution in [-0.4, -0.2) is 44.1 Å². The maximum Gasteiger partial charge on any atom is 0.332 e. The Bertz CT molecular complexity index is 1180. The van der Waals surface area contributed by atoms with Gasteiger partial charge in [0.2, 0.25) is 5.91 Å². The zero-order valence-electron chi connectivity index (χ0n) is 18.5. The predicted molar refractivity (Wildman–Crippen MR) is 119 cm³/mol. The van der Waals surface area contributed by atoms with E-state index < -0.39 is 11.2 Å². The second-order valence-electron chi connectivity index (χ2n) is 7.97. The molecule has 8 heteroatoms. The highest BCUT2D eigenvalue weighted by atomic mass is 16.5. The number of ether oxygens (including phenoxy) is 1. The average molecular weight is 425 g/mol. The van der Waals surface area contributed by atoms with Crippen LogP contribution in [0.1, 0.15) is 33.3 Å². The van der Waals surface area contributed by atoms with E-state index in [1.54, 1.807) is 48.4 Å². The molecule has 0 atom stereocenters. The lowest BCUT2D eigenvalue weighted by molar-refractivity contribution is -0.135. The molecule has 164 valence electrons. The maximum atomic E-state index is 13.3. The number of pyridine rings is 1. The van der Waals surface area contributed by atoms with Gasteiger partial charge in [0.1, 0.15) is 12.3 Å². The molecule has 0 bridgehead atoms. The molecule has 0 aliphatic rings. The second-order valence-corrected chi connectivity index (χ2v) is 7.97. The number of hydrogen-bond donors (Lipinski definition) is 0. The van der Waals surface area contributed by atoms with Crippen LogP contribution in [0.3, 0.4) is 0 Å². The van der Waals surface area contributed by atoms with E-state index in [0.717, 1.165) is 10.1 Å². The molecule has 0 aliphatic heterocycles. The smallest absolute Gasteiger partial charge is 0.332 e. The van der Waals surface area contributed by atoms with E-state index in [4.69, 9.17) is 4.74 Å². The summed E-state index contributed by atoms with van der Waals surface area (Å²) in [7, 11) is 1.57. The first-order valence-electron chi connectivity index (χ1n) is 10.3. The van der Waals surface area contributed by atoms with Gasteiger partial charge in [0.15, 0.2) is 5.52 Å². The van der Waals surface area contributed by atoms with Crippen LogP contribution in [0.25, 0.3) is 11.0 Å². The molecule has 0 radical (unpaired) electrons. The Kier molecular flexibility index (Phi) is 6.58. The zero-order chi connectivity index (χ0) is 22.7. The third-order valence-corrected chi connectivity index (χ3v) is 5.18. The lowest BCUT2D eigenvalue weighted by Crippen LogP contribution is -2.47. The quantitative estimate of drug-likeness (QED) is 0.581. The highest BCUT2D eigenvalue weighted by molar-refractivity contribution is 5.80. The molecule has 2 aromatic heterocycles. The topological polar surface area (TPSA) is 86.4 Å². The van der Waals surface area contributed by atoms with Crippen LogP contribution in [0.2, 0.25) is 0 Å². The molecule has 0 spiro atoms. The number of fused-ring (bicyclic) bond motifs is 1. The van der Waals surface area contributed by atoms with Crippen molar-refractivity contribution in [2.75, 3.05) is 7.11 Å². The molecular weight excluding hydrogens is 396 g/mol. The van der Waals surface area contributed by atoms with Gasteiger partial charge in [0.05, 0.1) is 19.2 Å². The number of benzene rings is 1. The van der Waals surface area contributed by atoms with E-state index in [9.17, 15) is 14.4 Å². The molecule has 0 fully saturated rings. The van der Waals surface area contributed by atoms with Gasteiger partial charge in [-0.2, -0.15) is 0 Å². The van der Waals surface area contributed by atoms with Crippen molar-refractivity contribution in [3.63, 3.8) is 0 Å². The largest absolute Gasteiger partial charge is 0.497 e. The Labute approximate surface area is 180 Å². The number of aromatic nitrogens is 3. The molecule has 0 N–H and O–H groups in total. The Hall–Kier alpha value is -3.42. The van der Waals surface area contributed by atoms with Crippen molar-refractivity contribution in [1.82, 2.24) is 19.0 Å². The van der Waals surface area contributed by atoms with E-state index in [-0.39, 0.29) is 36.6 Å². The number of carbonyl (C=O) groups is 1. The third kappa shape index (κ3) is 4.52. The van der Waals surface area contributed by atoms with Gasteiger partial charge in [-0.25, -0.2) is 9.78 Å². The Morgan fingerprint density at radius 2 is 1.68 bits per heavy atom. The Balaban J connectivity index is 2.11. The van der Waals surface area contributed by atoms with Crippen molar-refractivity contribution in [3.05, 3.63) is 69.0 Å². The summed E-state index contributed by atoms with van der Waals surface area (Å²) in [4.78, 5) is 45.4. The summed E-state index contributed by atoms with van der Waals surface area (Å²) in [5.74, 6) is 0.494. The highest BCUT2D eigenvalue weighted by Crippen LogP contribution is 2.13. The molecule has 1 aromatic carbocycles. The third-order valence-electron chi connectivity index (χ3n) is 5.18. The molecule has 2 heterocycles. The van der Waals surface area contributed by atoms with Crippen LogP contribution in [0.15, 0.2) is 52.2 Å². The number of rotatable bonds is 7. The fourth-order valence-electron chi connectivity index (χ4n) is 3.84. The molecule has 0 saturated carbocycles. The van der Waals surface area contributed by atoms with Gasteiger partial charge < -0.3 is 9.64 Å². The Morgan fingerprint density at radius 3 is 2.26 bits per heavy atom. The summed E-state index contributed by atoms with van der Waals surface area (Å²) < 4.78 is 7.63. The number of amides is 1. The maximum absolute atomic E-state index is 13.3. The predicted octanol–water partition coefficient (Wildman–Crippen LogP) is 2.26. The normalized spacial score (nSPS) is 11.3. The lowest BCUT2D eigenvalue weighted by Gasteiger charge is -2.31. The fraction of sp³-hybridized carbons (Fsp3) is 0.391. The van der Waals surface area contributed by atoms with Crippen LogP contribution < -0.4 is 16.0 Å². The first kappa shape index (κ1) is 22.3. The van der Waals surface area contributed by atoms with Crippen LogP contribution in [0.5, 0.6) is 5.75 Å². The number of nitrogens with zero attached hydrogens (tertiary/aromatic N) is 4. The van der Waals surface area contributed by atoms with Gasteiger partial charge in [0.25, 0.3) is 5.56 Å². The molecule has 0 unspecified atom stereocenters. The van der Waals surface area contributed by atoms with E-state index >= 15 is 0 Å². The molecule has 3 aromatic rings. The van der Waals surface area contributed by atoms with Crippen LogP contribution in [0.4, 0.5) is 0 Å². The molecule has 0 aliphatic carbocycles. The monoisotopic (exact) mass is 424 g/mol. The van der Waals surface area contributed by atoms with Gasteiger partial charge in [-0.15, -0.1) is 0 Å². The SMILES string of the molecule is COc1ccc(Cn2c(=O)c3ncccc3n(CC(=O)N(C(C)C)C(C)C)c2=O)cc1. The van der Waals surface area contributed by atoms with Crippen molar-refractivity contribution in [2.24, 2.45) is 0 Å². The summed E-state index contributed by atoms with van der Waals surface area (Å²) in [5.41, 5.74) is 0.249. The zero-order valence-corrected chi connectivity index (χ0v) is 18.5. The average Bonchev–Trinajstić information content (AvgIpc) is 2.74. The summed E-state index contributed by atoms with van der Waals surface area (Å²) in [5, 5.41) is 0. The van der Waals surface area contributed by atoms with Crippen molar-refractivity contribution >= 4 is 16.9 Å². The van der Waals surface area contributed by atoms with E-state index in [2.05, 4.69) is 4.98 Å². The first-order chi connectivity index (χ1) is 14.7. The van der Waals surface area contributed by atoms with Crippen molar-refractivity contribution in [3.8, 4) is 5.75 Å². The summed E-state index contributed by atoms with van der Waals surface area (Å²) in [6.07, 6.45) is 1.51. The molecule has 1 amide bonds. The van der Waals surface area contributed by atoms with E-state index in [1.807, 2.05) is 27.7 Å². The number of hydrogen-bond acceptors (Lipinski definition) is 5. The van der Waals surface area contributed by atoms with Crippen LogP contribution in [-0.2, 0) is 17.9 Å². The van der Waals surface area contributed by atoms with Gasteiger partial charge in [-0.1, -0.05) is 12.1 Å².